The van der Waals surface area contributed by atoms with E-state index < -0.39 is 0 Å². The number of carbonyl (C=O) groups is 1. The van der Waals surface area contributed by atoms with E-state index in [-0.39, 0.29) is 19.4 Å². The number of carbonyl (C=O) groups excluding carboxylic acids is 1. The molecule has 2 heterocycles. The summed E-state index contributed by atoms with van der Waals surface area (Å²) in [5.41, 5.74) is 4.03. The number of ether oxygens (including phenoxy) is 3. The fraction of sp³-hybridized carbons (Fsp3) is 0.125. The lowest BCUT2D eigenvalue weighted by Gasteiger charge is -2.06. The van der Waals surface area contributed by atoms with Gasteiger partial charge in [0, 0.05) is 0 Å². The Hall–Kier alpha value is -2.60. The lowest BCUT2D eigenvalue weighted by molar-refractivity contribution is 0.0472. The van der Waals surface area contributed by atoms with Gasteiger partial charge >= 0.3 is 5.97 Å². The third-order valence-electron chi connectivity index (χ3n) is 3.37. The molecule has 5 nitrogen and oxygen atoms in total. The quantitative estimate of drug-likeness (QED) is 0.694. The van der Waals surface area contributed by atoms with Crippen LogP contribution in [0.4, 0.5) is 0 Å². The average Bonchev–Trinajstić information content (AvgIpc) is 3.19. The van der Waals surface area contributed by atoms with E-state index in [0.29, 0.717) is 17.1 Å². The van der Waals surface area contributed by atoms with E-state index in [9.17, 15) is 4.79 Å². The van der Waals surface area contributed by atoms with Gasteiger partial charge < -0.3 is 14.2 Å². The van der Waals surface area contributed by atoms with E-state index >= 15 is 0 Å². The molecule has 0 spiro atoms. The molecule has 0 radical (unpaired) electrons. The van der Waals surface area contributed by atoms with Gasteiger partial charge in [0.2, 0.25) is 6.79 Å². The summed E-state index contributed by atoms with van der Waals surface area (Å²) in [5, 5.41) is 0. The number of nitrogens with zero attached hydrogens (tertiary/aromatic N) is 1. The van der Waals surface area contributed by atoms with E-state index in [1.165, 1.54) is 11.3 Å². The summed E-state index contributed by atoms with van der Waals surface area (Å²) in [4.78, 5) is 16.3. The van der Waals surface area contributed by atoms with Crippen molar-refractivity contribution >= 4 is 27.5 Å². The first-order chi connectivity index (χ1) is 10.8. The molecule has 0 saturated carbocycles. The highest BCUT2D eigenvalue weighted by Crippen LogP contribution is 2.32. The predicted molar refractivity (Wildman–Crippen MR) is 81.3 cm³/mol. The fourth-order valence-corrected chi connectivity index (χ4v) is 2.96. The van der Waals surface area contributed by atoms with Crippen molar-refractivity contribution in [2.24, 2.45) is 0 Å². The molecular weight excluding hydrogens is 302 g/mol. The Kier molecular flexibility index (Phi) is 3.16. The molecular formula is C16H11NO4S. The third kappa shape index (κ3) is 2.37. The Morgan fingerprint density at radius 1 is 1.18 bits per heavy atom. The normalized spacial score (nSPS) is 12.5. The topological polar surface area (TPSA) is 57.7 Å². The Bertz CT molecular complexity index is 858. The molecule has 110 valence electrons. The molecule has 6 heteroatoms. The van der Waals surface area contributed by atoms with Crippen LogP contribution in [0.15, 0.2) is 41.9 Å². The van der Waals surface area contributed by atoms with Crippen molar-refractivity contribution in [3.8, 4) is 11.5 Å². The first kappa shape index (κ1) is 13.1. The molecule has 0 amide bonds. The maximum Gasteiger partial charge on any atom is 0.338 e. The number of hydrogen-bond acceptors (Lipinski definition) is 6. The van der Waals surface area contributed by atoms with Crippen molar-refractivity contribution in [2.45, 2.75) is 6.61 Å². The van der Waals surface area contributed by atoms with Gasteiger partial charge in [0.1, 0.15) is 6.61 Å². The molecule has 0 unspecified atom stereocenters. The summed E-state index contributed by atoms with van der Waals surface area (Å²) in [6, 6.07) is 10.8. The van der Waals surface area contributed by atoms with Gasteiger partial charge in [-0.3, -0.25) is 0 Å². The van der Waals surface area contributed by atoms with Crippen LogP contribution in [0.25, 0.3) is 10.2 Å². The maximum atomic E-state index is 12.1. The van der Waals surface area contributed by atoms with E-state index in [1.807, 2.05) is 24.3 Å². The van der Waals surface area contributed by atoms with Crippen LogP contribution in [0, 0.1) is 0 Å². The van der Waals surface area contributed by atoms with E-state index in [0.717, 1.165) is 15.8 Å². The minimum absolute atomic E-state index is 0.191. The molecule has 1 aromatic heterocycles. The van der Waals surface area contributed by atoms with Crippen LogP contribution in [0.1, 0.15) is 15.9 Å². The van der Waals surface area contributed by atoms with Crippen molar-refractivity contribution in [3.05, 3.63) is 53.0 Å². The van der Waals surface area contributed by atoms with E-state index in [2.05, 4.69) is 4.98 Å². The first-order valence-electron chi connectivity index (χ1n) is 6.68. The van der Waals surface area contributed by atoms with Gasteiger partial charge in [0.25, 0.3) is 0 Å². The number of fused-ring (bicyclic) bond motifs is 2. The van der Waals surface area contributed by atoms with Gasteiger partial charge in [-0.05, 0) is 35.9 Å². The molecule has 0 saturated heterocycles. The summed E-state index contributed by atoms with van der Waals surface area (Å²) in [7, 11) is 0. The number of rotatable bonds is 3. The van der Waals surface area contributed by atoms with Crippen LogP contribution in [0.2, 0.25) is 0 Å². The van der Waals surface area contributed by atoms with Gasteiger partial charge in [-0.25, -0.2) is 9.78 Å². The molecule has 1 aliphatic heterocycles. The highest BCUT2D eigenvalue weighted by Gasteiger charge is 2.14. The van der Waals surface area contributed by atoms with Crippen LogP contribution in [-0.2, 0) is 11.3 Å². The second-order valence-electron chi connectivity index (χ2n) is 4.80. The zero-order valence-corrected chi connectivity index (χ0v) is 12.3. The van der Waals surface area contributed by atoms with Crippen molar-refractivity contribution < 1.29 is 19.0 Å². The van der Waals surface area contributed by atoms with Gasteiger partial charge in [0.05, 0.1) is 21.3 Å². The number of benzene rings is 2. The van der Waals surface area contributed by atoms with Gasteiger partial charge in [-0.1, -0.05) is 6.07 Å². The lowest BCUT2D eigenvalue weighted by Crippen LogP contribution is -2.05. The molecule has 0 aliphatic carbocycles. The first-order valence-corrected chi connectivity index (χ1v) is 7.56. The minimum Gasteiger partial charge on any atom is -0.457 e. The zero-order valence-electron chi connectivity index (χ0n) is 11.4. The van der Waals surface area contributed by atoms with Gasteiger partial charge in [0.15, 0.2) is 11.5 Å². The van der Waals surface area contributed by atoms with Crippen LogP contribution in [-0.4, -0.2) is 17.7 Å². The van der Waals surface area contributed by atoms with Gasteiger partial charge in [-0.15, -0.1) is 11.3 Å². The monoisotopic (exact) mass is 313 g/mol. The SMILES string of the molecule is O=C(OCc1ccc2c(c1)OCO2)c1ccc2ncsc2c1. The molecule has 2 aromatic carbocycles. The van der Waals surface area contributed by atoms with Crippen molar-refractivity contribution in [1.82, 2.24) is 4.98 Å². The summed E-state index contributed by atoms with van der Waals surface area (Å²) < 4.78 is 16.9. The Labute approximate surface area is 130 Å². The van der Waals surface area contributed by atoms with E-state index in [4.69, 9.17) is 14.2 Å². The summed E-state index contributed by atoms with van der Waals surface area (Å²) >= 11 is 1.50. The highest BCUT2D eigenvalue weighted by atomic mass is 32.1. The Morgan fingerprint density at radius 2 is 2.09 bits per heavy atom. The van der Waals surface area contributed by atoms with E-state index in [1.54, 1.807) is 17.6 Å². The number of thiazole rings is 1. The van der Waals surface area contributed by atoms with Crippen molar-refractivity contribution in [1.29, 1.82) is 0 Å². The molecule has 1 aliphatic rings. The second kappa shape index (κ2) is 5.31. The van der Waals surface area contributed by atoms with Crippen LogP contribution in [0.5, 0.6) is 11.5 Å². The van der Waals surface area contributed by atoms with Crippen LogP contribution in [0.3, 0.4) is 0 Å². The molecule has 22 heavy (non-hydrogen) atoms. The lowest BCUT2D eigenvalue weighted by atomic mass is 10.2. The molecule has 0 N–H and O–H groups in total. The minimum atomic E-state index is -0.354. The Balaban J connectivity index is 1.47. The van der Waals surface area contributed by atoms with Crippen LogP contribution >= 0.6 is 11.3 Å². The smallest absolute Gasteiger partial charge is 0.338 e. The predicted octanol–water partition coefficient (Wildman–Crippen LogP) is 3.38. The fourth-order valence-electron chi connectivity index (χ4n) is 2.25. The number of hydrogen-bond donors (Lipinski definition) is 0. The average molecular weight is 313 g/mol. The Morgan fingerprint density at radius 3 is 3.05 bits per heavy atom. The largest absolute Gasteiger partial charge is 0.457 e. The summed E-state index contributed by atoms with van der Waals surface area (Å²) in [6.07, 6.45) is 0. The maximum absolute atomic E-state index is 12.1. The summed E-state index contributed by atoms with van der Waals surface area (Å²) in [6.45, 7) is 0.420. The number of aromatic nitrogens is 1. The molecule has 0 atom stereocenters. The molecule has 0 bridgehead atoms. The molecule has 3 aromatic rings. The van der Waals surface area contributed by atoms with Crippen molar-refractivity contribution in [2.75, 3.05) is 6.79 Å². The van der Waals surface area contributed by atoms with Gasteiger partial charge in [-0.2, -0.15) is 0 Å². The van der Waals surface area contributed by atoms with Crippen molar-refractivity contribution in [3.63, 3.8) is 0 Å². The third-order valence-corrected chi connectivity index (χ3v) is 4.17. The molecule has 0 fully saturated rings. The second-order valence-corrected chi connectivity index (χ2v) is 5.68. The summed E-state index contributed by atoms with van der Waals surface area (Å²) in [5.74, 6) is 1.04. The molecule has 4 rings (SSSR count). The standard InChI is InChI=1S/C16H11NO4S/c18-16(11-2-3-12-15(6-11)22-8-17-12)19-7-10-1-4-13-14(5-10)21-9-20-13/h1-6,8H,7,9H2. The van der Waals surface area contributed by atoms with Crippen LogP contribution < -0.4 is 9.47 Å². The highest BCUT2D eigenvalue weighted by molar-refractivity contribution is 7.16. The zero-order chi connectivity index (χ0) is 14.9. The number of esters is 1.